The average molecular weight is 403 g/mol. The normalized spacial score (nSPS) is 24.7. The van der Waals surface area contributed by atoms with Gasteiger partial charge in [-0.15, -0.1) is 0 Å². The molecular formula is C19H25N5O5. The van der Waals surface area contributed by atoms with Gasteiger partial charge in [0.25, 0.3) is 5.91 Å². The monoisotopic (exact) mass is 403 g/mol. The van der Waals surface area contributed by atoms with E-state index >= 15 is 0 Å². The number of carboxylic acid groups (broad SMARTS) is 1. The number of fused-ring (bicyclic) bond motifs is 2. The predicted octanol–water partition coefficient (Wildman–Crippen LogP) is 0.714. The molecule has 3 aliphatic rings. The zero-order valence-electron chi connectivity index (χ0n) is 16.1. The van der Waals surface area contributed by atoms with Crippen LogP contribution in [0.2, 0.25) is 0 Å². The molecule has 0 radical (unpaired) electrons. The first-order valence-electron chi connectivity index (χ1n) is 9.83. The Labute approximate surface area is 168 Å². The van der Waals surface area contributed by atoms with Gasteiger partial charge in [0.2, 0.25) is 0 Å². The number of carbonyl (C=O) groups is 3. The number of amides is 4. The second-order valence-corrected chi connectivity index (χ2v) is 7.50. The van der Waals surface area contributed by atoms with Crippen molar-refractivity contribution in [3.05, 3.63) is 35.9 Å². The smallest absolute Gasteiger partial charge is 0.407 e. The van der Waals surface area contributed by atoms with E-state index in [-0.39, 0.29) is 18.0 Å². The van der Waals surface area contributed by atoms with E-state index in [9.17, 15) is 14.4 Å². The predicted molar refractivity (Wildman–Crippen MR) is 101 cm³/mol. The van der Waals surface area contributed by atoms with E-state index in [0.717, 1.165) is 5.56 Å². The lowest BCUT2D eigenvalue weighted by Crippen LogP contribution is -2.59. The molecule has 3 aliphatic heterocycles. The number of hydrogen-bond donors (Lipinski definition) is 2. The van der Waals surface area contributed by atoms with Crippen molar-refractivity contribution >= 4 is 18.0 Å². The van der Waals surface area contributed by atoms with Crippen LogP contribution in [0, 0.1) is 0 Å². The molecule has 10 nitrogen and oxygen atoms in total. The van der Waals surface area contributed by atoms with Crippen molar-refractivity contribution in [1.29, 1.82) is 0 Å². The Morgan fingerprint density at radius 2 is 1.83 bits per heavy atom. The Hall–Kier alpha value is -2.85. The molecule has 1 aromatic rings. The van der Waals surface area contributed by atoms with E-state index in [1.54, 1.807) is 9.91 Å². The Kier molecular flexibility index (Phi) is 5.54. The maximum Gasteiger partial charge on any atom is 0.407 e. The number of rotatable bonds is 5. The van der Waals surface area contributed by atoms with E-state index in [1.807, 2.05) is 30.3 Å². The molecule has 0 aromatic heterocycles. The number of hydroxylamine groups is 2. The van der Waals surface area contributed by atoms with Crippen molar-refractivity contribution in [1.82, 2.24) is 25.3 Å². The van der Waals surface area contributed by atoms with Crippen LogP contribution in [0.5, 0.6) is 0 Å². The van der Waals surface area contributed by atoms with Crippen molar-refractivity contribution in [3.63, 3.8) is 0 Å². The zero-order chi connectivity index (χ0) is 20.4. The Bertz CT molecular complexity index is 768. The molecule has 3 fully saturated rings. The molecule has 2 atom stereocenters. The van der Waals surface area contributed by atoms with E-state index < -0.39 is 12.1 Å². The molecule has 3 saturated heterocycles. The number of piperidine rings is 1. The summed E-state index contributed by atoms with van der Waals surface area (Å²) in [6.45, 7) is 2.31. The second kappa shape index (κ2) is 8.26. The van der Waals surface area contributed by atoms with Gasteiger partial charge in [-0.25, -0.2) is 14.6 Å². The lowest BCUT2D eigenvalue weighted by atomic mass is 10.0. The number of piperazine rings is 1. The molecule has 156 valence electrons. The van der Waals surface area contributed by atoms with Gasteiger partial charge in [0.1, 0.15) is 12.6 Å². The number of carbonyl (C=O) groups excluding carboxylic acids is 2. The standard InChI is InChI=1S/C19H25N5O5/c25-17(20-22-10-8-21(9-11-22)19(27)28)16-7-6-15-12-23(16)18(26)24(15)29-13-14-4-2-1-3-5-14/h1-5,15-16H,6-13H2,(H,20,25)(H,27,28)/t15-,16+/m1/s1. The highest BCUT2D eigenvalue weighted by atomic mass is 16.7. The molecule has 3 heterocycles. The maximum absolute atomic E-state index is 12.8. The largest absolute Gasteiger partial charge is 0.465 e. The van der Waals surface area contributed by atoms with Crippen molar-refractivity contribution in [3.8, 4) is 0 Å². The first kappa shape index (κ1) is 19.5. The molecule has 0 aliphatic carbocycles. The van der Waals surface area contributed by atoms with Crippen molar-refractivity contribution in [2.75, 3.05) is 32.7 Å². The van der Waals surface area contributed by atoms with Crippen molar-refractivity contribution in [2.45, 2.75) is 31.5 Å². The summed E-state index contributed by atoms with van der Waals surface area (Å²) >= 11 is 0. The summed E-state index contributed by atoms with van der Waals surface area (Å²) in [5, 5.41) is 12.1. The average Bonchev–Trinajstić information content (AvgIpc) is 2.97. The van der Waals surface area contributed by atoms with E-state index in [0.29, 0.717) is 52.2 Å². The maximum atomic E-state index is 12.8. The number of benzene rings is 1. The molecule has 0 unspecified atom stereocenters. The fourth-order valence-corrected chi connectivity index (χ4v) is 4.03. The summed E-state index contributed by atoms with van der Waals surface area (Å²) < 4.78 is 0. The fourth-order valence-electron chi connectivity index (χ4n) is 4.03. The summed E-state index contributed by atoms with van der Waals surface area (Å²) in [5.74, 6) is -0.231. The third kappa shape index (κ3) is 4.13. The van der Waals surface area contributed by atoms with Gasteiger partial charge in [0.15, 0.2) is 0 Å². The number of nitrogens with zero attached hydrogens (tertiary/aromatic N) is 4. The molecule has 2 N–H and O–H groups in total. The van der Waals surface area contributed by atoms with Crippen LogP contribution >= 0.6 is 0 Å². The van der Waals surface area contributed by atoms with Crippen LogP contribution in [0.1, 0.15) is 18.4 Å². The van der Waals surface area contributed by atoms with Crippen molar-refractivity contribution < 1.29 is 24.3 Å². The second-order valence-electron chi connectivity index (χ2n) is 7.50. The number of hydrogen-bond acceptors (Lipinski definition) is 5. The molecule has 0 saturated carbocycles. The molecule has 0 spiro atoms. The van der Waals surface area contributed by atoms with E-state index in [4.69, 9.17) is 9.94 Å². The van der Waals surface area contributed by atoms with Crippen LogP contribution in [0.3, 0.4) is 0 Å². The molecule has 4 rings (SSSR count). The van der Waals surface area contributed by atoms with Gasteiger partial charge in [-0.3, -0.25) is 15.1 Å². The van der Waals surface area contributed by atoms with Crippen LogP contribution in [-0.2, 0) is 16.2 Å². The minimum atomic E-state index is -0.951. The van der Waals surface area contributed by atoms with Crippen LogP contribution in [0.15, 0.2) is 30.3 Å². The third-order valence-corrected chi connectivity index (χ3v) is 5.66. The van der Waals surface area contributed by atoms with E-state index in [2.05, 4.69) is 5.43 Å². The minimum Gasteiger partial charge on any atom is -0.465 e. The summed E-state index contributed by atoms with van der Waals surface area (Å²) in [4.78, 5) is 45.2. The van der Waals surface area contributed by atoms with Crippen molar-refractivity contribution in [2.24, 2.45) is 0 Å². The van der Waals surface area contributed by atoms with Gasteiger partial charge in [-0.05, 0) is 18.4 Å². The van der Waals surface area contributed by atoms with Gasteiger partial charge in [-0.2, -0.15) is 5.06 Å². The topological polar surface area (TPSA) is 106 Å². The fraction of sp³-hybridized carbons (Fsp3) is 0.526. The SMILES string of the molecule is O=C(NN1CCN(C(=O)O)CC1)[C@@H]1CC[C@@H]2CN1C(=O)N2OCc1ccccc1. The Balaban J connectivity index is 1.31. The molecule has 2 bridgehead atoms. The third-order valence-electron chi connectivity index (χ3n) is 5.66. The van der Waals surface area contributed by atoms with Gasteiger partial charge in [-0.1, -0.05) is 30.3 Å². The van der Waals surface area contributed by atoms with E-state index in [1.165, 1.54) is 9.96 Å². The van der Waals surface area contributed by atoms with Crippen LogP contribution < -0.4 is 5.43 Å². The summed E-state index contributed by atoms with van der Waals surface area (Å²) in [7, 11) is 0. The zero-order valence-corrected chi connectivity index (χ0v) is 16.1. The van der Waals surface area contributed by atoms with Gasteiger partial charge >= 0.3 is 12.1 Å². The summed E-state index contributed by atoms with van der Waals surface area (Å²) in [6.07, 6.45) is 0.317. The van der Waals surface area contributed by atoms with Crippen LogP contribution in [0.25, 0.3) is 0 Å². The highest BCUT2D eigenvalue weighted by Gasteiger charge is 2.48. The highest BCUT2D eigenvalue weighted by molar-refractivity contribution is 5.88. The highest BCUT2D eigenvalue weighted by Crippen LogP contribution is 2.30. The minimum absolute atomic E-state index is 0.0469. The number of nitrogens with one attached hydrogen (secondary N) is 1. The molecule has 4 amide bonds. The quantitative estimate of drug-likeness (QED) is 0.750. The summed E-state index contributed by atoms with van der Waals surface area (Å²) in [5.41, 5.74) is 3.82. The number of urea groups is 1. The molecule has 1 aromatic carbocycles. The molecule has 10 heteroatoms. The van der Waals surface area contributed by atoms with Gasteiger partial charge in [0.05, 0.1) is 6.04 Å². The lowest BCUT2D eigenvalue weighted by Gasteiger charge is -2.35. The number of hydrazine groups is 1. The lowest BCUT2D eigenvalue weighted by molar-refractivity contribution is -0.140. The Morgan fingerprint density at radius 1 is 1.10 bits per heavy atom. The first-order chi connectivity index (χ1) is 14.0. The first-order valence-corrected chi connectivity index (χ1v) is 9.83. The van der Waals surface area contributed by atoms with Gasteiger partial charge in [0, 0.05) is 32.7 Å². The summed E-state index contributed by atoms with van der Waals surface area (Å²) in [6, 6.07) is 8.77. The Morgan fingerprint density at radius 3 is 2.52 bits per heavy atom. The molecule has 29 heavy (non-hydrogen) atoms. The van der Waals surface area contributed by atoms with Gasteiger partial charge < -0.3 is 14.9 Å². The molecular weight excluding hydrogens is 378 g/mol. The van der Waals surface area contributed by atoms with Crippen LogP contribution in [0.4, 0.5) is 9.59 Å². The van der Waals surface area contributed by atoms with Crippen LogP contribution in [-0.4, -0.2) is 87.8 Å².